The fourth-order valence-electron chi connectivity index (χ4n) is 24.0. The van der Waals surface area contributed by atoms with Gasteiger partial charge in [0.2, 0.25) is 0 Å². The zero-order valence-corrected chi connectivity index (χ0v) is 90.0. The molecule has 13 aromatic rings. The molecule has 754 valence electrons. The van der Waals surface area contributed by atoms with Crippen molar-refractivity contribution in [2.45, 2.75) is 169 Å². The summed E-state index contributed by atoms with van der Waals surface area (Å²) < 4.78 is 37.0. The number of carbonyl (C=O) groups excluding carboxylic acids is 7. The standard InChI is InChI=1S/C20H21ClN4O.C19H19ClN4O.C17H17ClN4O.C15H12BrFN2O2.C15H13BrN2O2.C14H10BrFN2O.C9H7BrClNO/c1-2-25-10-19(20(25)5-6-20)9-23-18(26)15-12-4-3-11-8-22-14(21)7-13(11)16(12)24-17(15)19;1-24-8-18(9-24)16-14(17(25)23-19(18)4-5-19)11-3-2-10-7-21-13(20)6-12(10)15(11)22-16;1-22-7-17(8-22)6-20-16(23)13-10-3-2-9-5-19-12(18)4-11(9)14(10)21-15(13)17;1-21-12-5-3-8(6-11(12)17)15-18-7-9-2-4-10(16)14(20)13(9)19-15;1-20-11-4-2-3-9(7-11)15-17-8-10-5-6-12(16)14(19)13(10)18-15;15-11-5-4-9-7-17-14(18-12(9)13(11)19)8-2-1-3-10(16)6-8;10-7-2-1-5-4-12-8(11)3-6(5)9(7)13/h7-8,24H,2-6,9-10H2,1H3,(H,23,26);6-7,22H,2-5,8-9H2,1H3,(H,23,25);4-5,21H,2-3,6-8H2,1H3,(H,20,23);3,5-7,10H,2,4H2,1H3;2-4,7-8,12H,5-6H2,1H3;1-3,6-7,11H,4-5H2;3-4,7H,1-2H2. The molecule has 3 saturated heterocycles. The van der Waals surface area contributed by atoms with Gasteiger partial charge in [-0.1, -0.05) is 141 Å². The normalized spacial score (nSPS) is 21.5. The van der Waals surface area contributed by atoms with E-state index >= 15 is 0 Å². The molecule has 5 fully saturated rings. The topological polar surface area (TPSA) is 360 Å². The molecule has 15 aliphatic rings. The van der Waals surface area contributed by atoms with Crippen molar-refractivity contribution in [3.05, 3.63) is 279 Å². The van der Waals surface area contributed by atoms with Crippen molar-refractivity contribution in [1.29, 1.82) is 0 Å². The molecule has 5 atom stereocenters. The zero-order valence-electron chi connectivity index (χ0n) is 80.7. The van der Waals surface area contributed by atoms with Crippen molar-refractivity contribution in [3.8, 4) is 79.4 Å². The quantitative estimate of drug-likeness (QED) is 0.0665. The average molecular weight is 2320 g/mol. The highest BCUT2D eigenvalue weighted by molar-refractivity contribution is 9.10. The van der Waals surface area contributed by atoms with E-state index in [1.165, 1.54) is 66.6 Å². The summed E-state index contributed by atoms with van der Waals surface area (Å²) in [6.07, 6.45) is 28.7. The van der Waals surface area contributed by atoms with E-state index in [4.69, 9.17) is 55.9 Å². The van der Waals surface area contributed by atoms with E-state index in [2.05, 4.69) is 180 Å². The number of amides is 3. The number of nitrogens with zero attached hydrogens (tertiary/aromatic N) is 13. The lowest BCUT2D eigenvalue weighted by Crippen LogP contribution is -2.74. The van der Waals surface area contributed by atoms with Gasteiger partial charge in [-0.3, -0.25) is 38.5 Å². The van der Waals surface area contributed by atoms with E-state index in [0.29, 0.717) is 78.4 Å². The summed E-state index contributed by atoms with van der Waals surface area (Å²) >= 11 is 37.6. The number of halogens is 10. The van der Waals surface area contributed by atoms with Crippen LogP contribution in [0, 0.1) is 11.6 Å². The summed E-state index contributed by atoms with van der Waals surface area (Å²) in [5.41, 5.74) is 27.8. The van der Waals surface area contributed by atoms with Crippen molar-refractivity contribution in [1.82, 2.24) is 95.4 Å². The summed E-state index contributed by atoms with van der Waals surface area (Å²) in [6.45, 7) is 9.77. The highest BCUT2D eigenvalue weighted by atomic mass is 79.9. The number of aryl methyl sites for hydroxylation is 7. The van der Waals surface area contributed by atoms with Crippen LogP contribution in [0.15, 0.2) is 134 Å². The largest absolute Gasteiger partial charge is 0.497 e. The Morgan fingerprint density at radius 2 is 0.823 bits per heavy atom. The number of hydrogen-bond donors (Lipinski definition) is 6. The Labute approximate surface area is 898 Å². The number of likely N-dealkylation sites (tertiary alicyclic amines) is 3. The molecule has 5 unspecified atom stereocenters. The van der Waals surface area contributed by atoms with Crippen LogP contribution in [0.4, 0.5) is 8.78 Å². The summed E-state index contributed by atoms with van der Waals surface area (Å²) in [6, 6.07) is 25.5. The molecule has 0 radical (unpaired) electrons. The molecule has 16 heterocycles. The van der Waals surface area contributed by atoms with E-state index in [1.54, 1.807) is 56.2 Å². The number of H-pyrrole nitrogens is 3. The third kappa shape index (κ3) is 18.0. The number of aromatic amines is 3. The maximum Gasteiger partial charge on any atom is 0.253 e. The number of rotatable bonds is 6. The SMILES string of the molecule is CCN1CC2(CNC(=O)c3c2[nH]c2c3CCc3cnc(Cl)cc3-2)C12CC2.CN1CC2(C1)c1[nH]c3c(c1C(=O)NC21CC1)CCc1cnc(Cl)cc1-3.CN1CC2(CNC(=O)c3c2[nH]c2c3CCc3cnc(Cl)cc3-2)C1.COc1ccc(-c2ncc3c(n2)C(=O)C(Br)CC3)cc1F.COc1cccc(-c2ncc3c(n2)C(=O)C(Br)CC3)c1.O=C1c2cc(Cl)ncc2CCC1Br.O=C1c2nc(-c3cccc(F)c3)ncc2CCC1Br. The Kier molecular flexibility index (Phi) is 27.1. The van der Waals surface area contributed by atoms with Gasteiger partial charge in [0.15, 0.2) is 52.2 Å². The molecular weight excluding hydrogens is 2220 g/mol. The second kappa shape index (κ2) is 39.6. The Hall–Kier alpha value is -11.2. The minimum absolute atomic E-state index is 0.0266. The third-order valence-electron chi connectivity index (χ3n) is 31.7. The van der Waals surface area contributed by atoms with Crippen LogP contribution < -0.4 is 25.4 Å². The van der Waals surface area contributed by atoms with Gasteiger partial charge in [0, 0.05) is 151 Å². The Bertz CT molecular complexity index is 7660. The number of likely N-dealkylation sites (N-methyl/N-ethyl adjacent to an activating group) is 3. The lowest BCUT2D eigenvalue weighted by Gasteiger charge is -2.60. The lowest BCUT2D eigenvalue weighted by molar-refractivity contribution is -0.0376. The monoisotopic (exact) mass is 2310 g/mol. The summed E-state index contributed by atoms with van der Waals surface area (Å²) in [7, 11) is 7.29. The van der Waals surface area contributed by atoms with Gasteiger partial charge in [-0.2, -0.15) is 0 Å². The summed E-state index contributed by atoms with van der Waals surface area (Å²) in [5.74, 6) is 1.67. The van der Waals surface area contributed by atoms with Crippen molar-refractivity contribution >= 4 is 151 Å². The van der Waals surface area contributed by atoms with Crippen LogP contribution in [0.1, 0.15) is 204 Å². The van der Waals surface area contributed by atoms with Gasteiger partial charge in [0.1, 0.15) is 49.3 Å². The minimum atomic E-state index is -0.485. The number of nitrogens with one attached hydrogen (secondary N) is 6. The second-order valence-electron chi connectivity index (χ2n) is 40.4. The molecule has 28 rings (SSSR count). The molecule has 10 aromatic heterocycles. The Morgan fingerprint density at radius 3 is 1.27 bits per heavy atom. The van der Waals surface area contributed by atoms with Gasteiger partial charge in [-0.05, 0) is 259 Å². The van der Waals surface area contributed by atoms with Crippen molar-refractivity contribution < 1.29 is 51.8 Å². The number of benzene rings is 3. The molecule has 6 N–H and O–H groups in total. The van der Waals surface area contributed by atoms with Crippen LogP contribution in [0.2, 0.25) is 20.6 Å². The number of hydrogen-bond acceptors (Lipinski definition) is 22. The first-order chi connectivity index (χ1) is 70.8. The van der Waals surface area contributed by atoms with Gasteiger partial charge in [-0.15, -0.1) is 0 Å². The third-order valence-corrected chi connectivity index (χ3v) is 36.0. The highest BCUT2D eigenvalue weighted by Gasteiger charge is 2.73. The molecule has 3 amide bonds. The van der Waals surface area contributed by atoms with E-state index < -0.39 is 5.82 Å². The molecule has 6 aliphatic heterocycles. The van der Waals surface area contributed by atoms with Crippen molar-refractivity contribution in [2.24, 2.45) is 0 Å². The van der Waals surface area contributed by atoms with Gasteiger partial charge in [0.25, 0.3) is 17.7 Å². The van der Waals surface area contributed by atoms with Gasteiger partial charge in [0.05, 0.1) is 89.1 Å². The van der Waals surface area contributed by atoms with Crippen LogP contribution >= 0.6 is 110 Å². The van der Waals surface area contributed by atoms with Crippen LogP contribution in [-0.4, -0.2) is 231 Å². The van der Waals surface area contributed by atoms with Gasteiger partial charge >= 0.3 is 0 Å². The molecule has 5 spiro atoms. The molecule has 0 bridgehead atoms. The van der Waals surface area contributed by atoms with Crippen LogP contribution in [0.25, 0.3) is 67.9 Å². The number of Topliss-reactive ketones (excluding diaryl/α,β-unsaturated/α-hetero) is 4. The minimum Gasteiger partial charge on any atom is -0.497 e. The van der Waals surface area contributed by atoms with E-state index in [-0.39, 0.29) is 99.1 Å². The average Bonchev–Trinajstić information content (AvgIpc) is 1.49. The first-order valence-corrected chi connectivity index (χ1v) is 54.4. The number of methoxy groups -OCH3 is 2. The first kappa shape index (κ1) is 100. The molecule has 28 nitrogen and oxygen atoms in total. The highest BCUT2D eigenvalue weighted by Crippen LogP contribution is 2.65. The molecule has 2 saturated carbocycles. The smallest absolute Gasteiger partial charge is 0.253 e. The maximum atomic E-state index is 13.8. The van der Waals surface area contributed by atoms with Crippen LogP contribution in [0.3, 0.4) is 0 Å². The number of alkyl halides is 4. The van der Waals surface area contributed by atoms with E-state index in [9.17, 15) is 42.3 Å². The number of ketones is 4. The maximum absolute atomic E-state index is 13.8. The zero-order chi connectivity index (χ0) is 102. The Balaban J connectivity index is 0.0000000982. The molecule has 38 heteroatoms. The fraction of sp³-hybridized carbons (Fsp3) is 0.367. The summed E-state index contributed by atoms with van der Waals surface area (Å²) in [5, 5.41) is 11.6. The molecule has 3 aromatic carbocycles. The summed E-state index contributed by atoms with van der Waals surface area (Å²) in [4.78, 5) is 146. The predicted molar refractivity (Wildman–Crippen MR) is 569 cm³/mol. The molecular formula is C109H99Br4Cl4F2N19O9. The van der Waals surface area contributed by atoms with Crippen LogP contribution in [0.5, 0.6) is 11.5 Å². The van der Waals surface area contributed by atoms with Gasteiger partial charge in [-0.25, -0.2) is 58.6 Å². The predicted octanol–water partition coefficient (Wildman–Crippen LogP) is 18.8. The van der Waals surface area contributed by atoms with Crippen molar-refractivity contribution in [3.63, 3.8) is 0 Å². The number of carbonyl (C=O) groups is 7. The Morgan fingerprint density at radius 1 is 0.415 bits per heavy atom. The number of aromatic nitrogens is 13. The van der Waals surface area contributed by atoms with E-state index in [1.807, 2.05) is 61.1 Å². The molecule has 9 aliphatic carbocycles. The van der Waals surface area contributed by atoms with Crippen LogP contribution in [-0.2, 0) is 80.5 Å². The number of fused-ring (bicyclic) bond motifs is 24. The number of ether oxygens (including phenoxy) is 2. The van der Waals surface area contributed by atoms with Gasteiger partial charge < -0.3 is 50.2 Å². The first-order valence-electron chi connectivity index (χ1n) is 49.2. The lowest BCUT2D eigenvalue weighted by atomic mass is 9.63. The van der Waals surface area contributed by atoms with Crippen molar-refractivity contribution in [2.75, 3.05) is 80.7 Å². The molecule has 147 heavy (non-hydrogen) atoms. The fourth-order valence-corrected chi connectivity index (χ4v) is 26.5. The number of pyridine rings is 4. The van der Waals surface area contributed by atoms with E-state index in [0.717, 1.165) is 261 Å². The second-order valence-corrected chi connectivity index (χ2v) is 46.3.